The number of rotatable bonds is 10. The molecule has 2 aromatic carbocycles. The molecular formula is C33H43N5O2. The number of nitrogens with two attached hydrogens (primary N) is 1. The van der Waals surface area contributed by atoms with Crippen LogP contribution < -0.4 is 5.73 Å². The Morgan fingerprint density at radius 3 is 2.65 bits per heavy atom. The molecule has 7 heteroatoms. The number of methoxy groups -OCH3 is 1. The van der Waals surface area contributed by atoms with Gasteiger partial charge in [0.15, 0.2) is 0 Å². The highest BCUT2D eigenvalue weighted by Crippen LogP contribution is 2.36. The molecular weight excluding hydrogens is 498 g/mol. The molecule has 0 saturated carbocycles. The molecule has 5 rings (SSSR count). The molecule has 1 aliphatic rings. The number of fused-ring (bicyclic) bond motifs is 1. The molecule has 2 unspecified atom stereocenters. The fraction of sp³-hybridized carbons (Fsp3) is 0.455. The lowest BCUT2D eigenvalue weighted by atomic mass is 9.91. The van der Waals surface area contributed by atoms with E-state index in [2.05, 4.69) is 75.1 Å². The Morgan fingerprint density at radius 2 is 1.93 bits per heavy atom. The van der Waals surface area contributed by atoms with Crippen LogP contribution in [0.5, 0.6) is 0 Å². The number of H-pyrrole nitrogens is 1. The zero-order valence-electron chi connectivity index (χ0n) is 24.4. The number of aryl methyl sites for hydroxylation is 4. The molecule has 1 saturated heterocycles. The summed E-state index contributed by atoms with van der Waals surface area (Å²) in [6.45, 7) is 9.52. The Balaban J connectivity index is 1.24. The first kappa shape index (κ1) is 28.1. The van der Waals surface area contributed by atoms with Crippen molar-refractivity contribution in [3.05, 3.63) is 76.7 Å². The number of hydrogen-bond donors (Lipinski definition) is 2. The highest BCUT2D eigenvalue weighted by Gasteiger charge is 2.29. The minimum Gasteiger partial charge on any atom is -0.385 e. The number of benzene rings is 2. The van der Waals surface area contributed by atoms with Crippen molar-refractivity contribution in [1.82, 2.24) is 19.7 Å². The molecule has 0 aliphatic carbocycles. The lowest BCUT2D eigenvalue weighted by Crippen LogP contribution is -2.42. The molecule has 1 amide bonds. The summed E-state index contributed by atoms with van der Waals surface area (Å²) in [6.07, 6.45) is 4.12. The van der Waals surface area contributed by atoms with Crippen LogP contribution in [0.3, 0.4) is 0 Å². The quantitative estimate of drug-likeness (QED) is 0.254. The molecule has 1 aliphatic heterocycles. The SMILES string of the molecule is COCCCn1c(C2CCCN(C(=O)CC(N)Cc3ccc(-c4c(C)n[nH]c4C)cc3)C2)c(C)c2ccccc21. The van der Waals surface area contributed by atoms with Crippen LogP contribution >= 0.6 is 0 Å². The maximum absolute atomic E-state index is 13.4. The van der Waals surface area contributed by atoms with Crippen molar-refractivity contribution < 1.29 is 9.53 Å². The van der Waals surface area contributed by atoms with E-state index in [4.69, 9.17) is 10.5 Å². The highest BCUT2D eigenvalue weighted by molar-refractivity contribution is 5.85. The fourth-order valence-corrected chi connectivity index (χ4v) is 6.57. The van der Waals surface area contributed by atoms with Crippen molar-refractivity contribution in [2.45, 2.75) is 71.4 Å². The van der Waals surface area contributed by atoms with Crippen molar-refractivity contribution in [3.8, 4) is 11.1 Å². The number of nitrogens with zero attached hydrogens (tertiary/aromatic N) is 3. The van der Waals surface area contributed by atoms with E-state index in [1.165, 1.54) is 22.2 Å². The molecule has 7 nitrogen and oxygen atoms in total. The van der Waals surface area contributed by atoms with Crippen LogP contribution in [0.1, 0.15) is 59.8 Å². The molecule has 0 bridgehead atoms. The van der Waals surface area contributed by atoms with Crippen LogP contribution in [0.15, 0.2) is 48.5 Å². The predicted molar refractivity (Wildman–Crippen MR) is 162 cm³/mol. The average Bonchev–Trinajstić information content (AvgIpc) is 3.44. The number of carbonyl (C=O) groups is 1. The zero-order valence-corrected chi connectivity index (χ0v) is 24.4. The largest absolute Gasteiger partial charge is 0.385 e. The van der Waals surface area contributed by atoms with Crippen LogP contribution in [-0.2, 0) is 22.5 Å². The predicted octanol–water partition coefficient (Wildman–Crippen LogP) is 5.66. The average molecular weight is 542 g/mol. The summed E-state index contributed by atoms with van der Waals surface area (Å²) in [5, 5.41) is 8.67. The second-order valence-electron chi connectivity index (χ2n) is 11.4. The number of aromatic nitrogens is 3. The van der Waals surface area contributed by atoms with Crippen LogP contribution in [0.2, 0.25) is 0 Å². The third kappa shape index (κ3) is 5.86. The summed E-state index contributed by atoms with van der Waals surface area (Å²) in [7, 11) is 1.76. The number of likely N-dealkylation sites (tertiary alicyclic amines) is 1. The van der Waals surface area contributed by atoms with Crippen LogP contribution in [-0.4, -0.2) is 58.4 Å². The molecule has 3 heterocycles. The van der Waals surface area contributed by atoms with Crippen LogP contribution in [0, 0.1) is 20.8 Å². The van der Waals surface area contributed by atoms with E-state index in [9.17, 15) is 4.79 Å². The van der Waals surface area contributed by atoms with Crippen molar-refractivity contribution in [1.29, 1.82) is 0 Å². The van der Waals surface area contributed by atoms with E-state index in [1.54, 1.807) is 7.11 Å². The van der Waals surface area contributed by atoms with Crippen LogP contribution in [0.25, 0.3) is 22.0 Å². The van der Waals surface area contributed by atoms with E-state index in [0.717, 1.165) is 73.6 Å². The molecule has 0 radical (unpaired) electrons. The lowest BCUT2D eigenvalue weighted by molar-refractivity contribution is -0.132. The van der Waals surface area contributed by atoms with Gasteiger partial charge in [-0.25, -0.2) is 0 Å². The monoisotopic (exact) mass is 541 g/mol. The number of amides is 1. The summed E-state index contributed by atoms with van der Waals surface area (Å²) < 4.78 is 7.82. The van der Waals surface area contributed by atoms with Gasteiger partial charge in [-0.2, -0.15) is 5.10 Å². The van der Waals surface area contributed by atoms with Gasteiger partial charge in [0.1, 0.15) is 0 Å². The Hall–Kier alpha value is -3.42. The summed E-state index contributed by atoms with van der Waals surface area (Å²) in [5.41, 5.74) is 16.0. The number of para-hydroxylation sites is 1. The molecule has 3 N–H and O–H groups in total. The Kier molecular flexibility index (Phi) is 8.72. The van der Waals surface area contributed by atoms with E-state index < -0.39 is 0 Å². The van der Waals surface area contributed by atoms with Crippen molar-refractivity contribution in [2.75, 3.05) is 26.8 Å². The number of aromatic amines is 1. The second-order valence-corrected chi connectivity index (χ2v) is 11.4. The summed E-state index contributed by atoms with van der Waals surface area (Å²) >= 11 is 0. The minimum atomic E-state index is -0.210. The maximum Gasteiger partial charge on any atom is 0.224 e. The summed E-state index contributed by atoms with van der Waals surface area (Å²) in [4.78, 5) is 15.5. The van der Waals surface area contributed by atoms with Gasteiger partial charge in [-0.3, -0.25) is 9.89 Å². The lowest BCUT2D eigenvalue weighted by Gasteiger charge is -2.34. The number of ether oxygens (including phenoxy) is 1. The first-order chi connectivity index (χ1) is 19.4. The molecule has 212 valence electrons. The summed E-state index contributed by atoms with van der Waals surface area (Å²) in [6, 6.07) is 16.9. The van der Waals surface area contributed by atoms with E-state index in [1.807, 2.05) is 13.8 Å². The van der Waals surface area contributed by atoms with Crippen molar-refractivity contribution in [3.63, 3.8) is 0 Å². The number of hydrogen-bond acceptors (Lipinski definition) is 4. The molecule has 0 spiro atoms. The van der Waals surface area contributed by atoms with E-state index in [-0.39, 0.29) is 11.9 Å². The highest BCUT2D eigenvalue weighted by atomic mass is 16.5. The van der Waals surface area contributed by atoms with Gasteiger partial charge < -0.3 is 19.9 Å². The van der Waals surface area contributed by atoms with Gasteiger partial charge in [-0.1, -0.05) is 42.5 Å². The Labute approximate surface area is 237 Å². The summed E-state index contributed by atoms with van der Waals surface area (Å²) in [5.74, 6) is 0.490. The minimum absolute atomic E-state index is 0.165. The van der Waals surface area contributed by atoms with Gasteiger partial charge in [0.2, 0.25) is 5.91 Å². The Morgan fingerprint density at radius 1 is 1.15 bits per heavy atom. The number of piperidine rings is 1. The first-order valence-electron chi connectivity index (χ1n) is 14.6. The van der Waals surface area contributed by atoms with Gasteiger partial charge in [-0.05, 0) is 69.2 Å². The topological polar surface area (TPSA) is 89.2 Å². The maximum atomic E-state index is 13.4. The Bertz CT molecular complexity index is 1430. The molecule has 1 fully saturated rings. The second kappa shape index (κ2) is 12.4. The first-order valence-corrected chi connectivity index (χ1v) is 14.6. The van der Waals surface area contributed by atoms with E-state index in [0.29, 0.717) is 18.8 Å². The molecule has 2 atom stereocenters. The molecule has 2 aromatic heterocycles. The van der Waals surface area contributed by atoms with Gasteiger partial charge in [-0.15, -0.1) is 0 Å². The van der Waals surface area contributed by atoms with Gasteiger partial charge in [0.25, 0.3) is 0 Å². The third-order valence-electron chi connectivity index (χ3n) is 8.47. The van der Waals surface area contributed by atoms with Gasteiger partial charge in [0, 0.05) is 79.6 Å². The van der Waals surface area contributed by atoms with E-state index >= 15 is 0 Å². The standard InChI is InChI=1S/C33H43N5O2/c1-22-29-10-5-6-11-30(29)38(17-8-18-40-4)33(22)27-9-7-16-37(21-27)31(39)20-28(34)19-25-12-14-26(15-13-25)32-23(2)35-36-24(32)3/h5-6,10-15,27-28H,7-9,16-21,34H2,1-4H3,(H,35,36). The molecule has 4 aromatic rings. The number of nitrogens with one attached hydrogen (secondary N) is 1. The van der Waals surface area contributed by atoms with Gasteiger partial charge in [0.05, 0.1) is 5.69 Å². The van der Waals surface area contributed by atoms with Crippen molar-refractivity contribution >= 4 is 16.8 Å². The van der Waals surface area contributed by atoms with Crippen LogP contribution in [0.4, 0.5) is 0 Å². The van der Waals surface area contributed by atoms with Gasteiger partial charge >= 0.3 is 0 Å². The normalized spacial score (nSPS) is 16.5. The van der Waals surface area contributed by atoms with Crippen molar-refractivity contribution in [2.24, 2.45) is 5.73 Å². The molecule has 40 heavy (non-hydrogen) atoms. The smallest absolute Gasteiger partial charge is 0.224 e. The zero-order chi connectivity index (χ0) is 28.2. The fourth-order valence-electron chi connectivity index (χ4n) is 6.57. The third-order valence-corrected chi connectivity index (χ3v) is 8.47. The number of carbonyl (C=O) groups excluding carboxylic acids is 1.